The van der Waals surface area contributed by atoms with Gasteiger partial charge in [-0.05, 0) is 13.8 Å². The third-order valence-electron chi connectivity index (χ3n) is 3.52. The maximum Gasteiger partial charge on any atom is 0.220 e. The van der Waals surface area contributed by atoms with Gasteiger partial charge in [0.2, 0.25) is 11.8 Å². The number of carbonyl (C=O) groups excluding carboxylic acids is 2. The van der Waals surface area contributed by atoms with Crippen molar-refractivity contribution in [3.05, 3.63) is 22.5 Å². The van der Waals surface area contributed by atoms with Gasteiger partial charge in [-0.25, -0.2) is 9.36 Å². The summed E-state index contributed by atoms with van der Waals surface area (Å²) in [5.41, 5.74) is 1.08. The van der Waals surface area contributed by atoms with Crippen LogP contribution in [0.4, 0.5) is 0 Å². The maximum absolute atomic E-state index is 12.2. The molecule has 0 fully saturated rings. The fraction of sp³-hybridized carbons (Fsp3) is 0.429. The molecule has 22 heavy (non-hydrogen) atoms. The third-order valence-corrected chi connectivity index (χ3v) is 3.52. The van der Waals surface area contributed by atoms with Crippen molar-refractivity contribution in [2.45, 2.75) is 26.7 Å². The molecule has 0 atom stereocenters. The maximum atomic E-state index is 12.2. The number of carbonyl (C=O) groups is 2. The highest BCUT2D eigenvalue weighted by Crippen LogP contribution is 2.24. The molecule has 2 aromatic rings. The molecule has 0 radical (unpaired) electrons. The summed E-state index contributed by atoms with van der Waals surface area (Å²) >= 11 is 0. The predicted molar refractivity (Wildman–Crippen MR) is 77.1 cm³/mol. The molecule has 0 aliphatic heterocycles. The van der Waals surface area contributed by atoms with Gasteiger partial charge in [0, 0.05) is 26.9 Å². The summed E-state index contributed by atoms with van der Waals surface area (Å²) in [4.78, 5) is 24.3. The quantitative estimate of drug-likeness (QED) is 0.798. The van der Waals surface area contributed by atoms with E-state index in [1.54, 1.807) is 13.8 Å². The molecule has 0 aliphatic rings. The Labute approximate surface area is 127 Å². The topological polar surface area (TPSA) is 110 Å². The molecule has 2 aromatic heterocycles. The molecule has 0 saturated carbocycles. The van der Waals surface area contributed by atoms with Gasteiger partial charge in [-0.3, -0.25) is 9.59 Å². The van der Waals surface area contributed by atoms with E-state index in [9.17, 15) is 19.8 Å². The van der Waals surface area contributed by atoms with E-state index in [-0.39, 0.29) is 47.3 Å². The molecule has 118 valence electrons. The minimum absolute atomic E-state index is 0.0767. The Morgan fingerprint density at radius 1 is 0.864 bits per heavy atom. The number of hydrogen-bond donors (Lipinski definition) is 2. The fourth-order valence-electron chi connectivity index (χ4n) is 2.42. The van der Waals surface area contributed by atoms with Crippen molar-refractivity contribution in [2.75, 3.05) is 0 Å². The Morgan fingerprint density at radius 3 is 1.41 bits per heavy atom. The molecule has 0 aromatic carbocycles. The van der Waals surface area contributed by atoms with Gasteiger partial charge in [0.1, 0.15) is 11.1 Å². The van der Waals surface area contributed by atoms with E-state index >= 15 is 0 Å². The Kier molecular flexibility index (Phi) is 4.03. The molecule has 0 bridgehead atoms. The van der Waals surface area contributed by atoms with Crippen LogP contribution in [0.2, 0.25) is 0 Å². The molecular formula is C14H18N4O4. The van der Waals surface area contributed by atoms with Crippen molar-refractivity contribution >= 4 is 11.6 Å². The average molecular weight is 306 g/mol. The molecule has 2 N–H and O–H groups in total. The van der Waals surface area contributed by atoms with Gasteiger partial charge >= 0.3 is 0 Å². The second-order valence-electron chi connectivity index (χ2n) is 5.16. The van der Waals surface area contributed by atoms with Gasteiger partial charge in [0.25, 0.3) is 0 Å². The molecule has 0 saturated heterocycles. The minimum atomic E-state index is -0.363. The zero-order valence-corrected chi connectivity index (χ0v) is 12.9. The first-order chi connectivity index (χ1) is 10.2. The molecular weight excluding hydrogens is 288 g/mol. The zero-order chi connectivity index (χ0) is 16.6. The van der Waals surface area contributed by atoms with Gasteiger partial charge in [-0.2, -0.15) is 10.2 Å². The van der Waals surface area contributed by atoms with Crippen molar-refractivity contribution < 1.29 is 19.8 Å². The van der Waals surface area contributed by atoms with E-state index in [0.29, 0.717) is 11.4 Å². The minimum Gasteiger partial charge on any atom is -0.493 e. The highest BCUT2D eigenvalue weighted by atomic mass is 16.3. The lowest BCUT2D eigenvalue weighted by Crippen LogP contribution is -2.07. The van der Waals surface area contributed by atoms with E-state index in [2.05, 4.69) is 10.2 Å². The van der Waals surface area contributed by atoms with Crippen molar-refractivity contribution in [2.24, 2.45) is 14.1 Å². The summed E-state index contributed by atoms with van der Waals surface area (Å²) in [6.07, 6.45) is -0.153. The first kappa shape index (κ1) is 15.7. The summed E-state index contributed by atoms with van der Waals surface area (Å²) < 4.78 is 2.42. The lowest BCUT2D eigenvalue weighted by molar-refractivity contribution is 0.0913. The highest BCUT2D eigenvalue weighted by Gasteiger charge is 2.23. The van der Waals surface area contributed by atoms with Crippen LogP contribution < -0.4 is 0 Å². The van der Waals surface area contributed by atoms with Gasteiger partial charge in [-0.1, -0.05) is 0 Å². The van der Waals surface area contributed by atoms with E-state index in [0.717, 1.165) is 0 Å². The van der Waals surface area contributed by atoms with Crippen LogP contribution in [0.1, 0.15) is 44.9 Å². The summed E-state index contributed by atoms with van der Waals surface area (Å²) in [5, 5.41) is 27.5. The smallest absolute Gasteiger partial charge is 0.220 e. The van der Waals surface area contributed by atoms with Crippen LogP contribution in [-0.2, 0) is 14.1 Å². The van der Waals surface area contributed by atoms with Gasteiger partial charge in [0.05, 0.1) is 11.4 Å². The first-order valence-electron chi connectivity index (χ1n) is 6.75. The van der Waals surface area contributed by atoms with Crippen LogP contribution in [0.5, 0.6) is 11.8 Å². The molecule has 2 heterocycles. The van der Waals surface area contributed by atoms with Crippen LogP contribution in [-0.4, -0.2) is 41.3 Å². The normalized spacial score (nSPS) is 10.9. The molecule has 8 heteroatoms. The molecule has 8 nitrogen and oxygen atoms in total. The SMILES string of the molecule is Cc1nn(C)c(O)c1C(=O)CCC(=O)c1c(C)nn(C)c1O. The predicted octanol–water partition coefficient (Wildman–Crippen LogP) is 1.03. The Bertz CT molecular complexity index is 693. The van der Waals surface area contributed by atoms with Gasteiger partial charge < -0.3 is 10.2 Å². The summed E-state index contributed by atoms with van der Waals surface area (Å²) in [7, 11) is 3.06. The number of aryl methyl sites for hydroxylation is 4. The Balaban J connectivity index is 2.13. The largest absolute Gasteiger partial charge is 0.493 e. The summed E-state index contributed by atoms with van der Waals surface area (Å²) in [6, 6.07) is 0. The molecule has 0 amide bonds. The number of nitrogens with zero attached hydrogens (tertiary/aromatic N) is 4. The van der Waals surface area contributed by atoms with Crippen LogP contribution in [0.15, 0.2) is 0 Å². The van der Waals surface area contributed by atoms with Crippen molar-refractivity contribution in [1.82, 2.24) is 19.6 Å². The monoisotopic (exact) mass is 306 g/mol. The number of hydrogen-bond acceptors (Lipinski definition) is 6. The third kappa shape index (κ3) is 2.59. The fourth-order valence-corrected chi connectivity index (χ4v) is 2.42. The average Bonchev–Trinajstić information content (AvgIpc) is 2.83. The van der Waals surface area contributed by atoms with Crippen LogP contribution in [0.25, 0.3) is 0 Å². The molecule has 2 rings (SSSR count). The Morgan fingerprint density at radius 2 is 1.18 bits per heavy atom. The van der Waals surface area contributed by atoms with Crippen LogP contribution >= 0.6 is 0 Å². The lowest BCUT2D eigenvalue weighted by Gasteiger charge is -2.02. The second-order valence-corrected chi connectivity index (χ2v) is 5.16. The van der Waals surface area contributed by atoms with Crippen molar-refractivity contribution in [3.63, 3.8) is 0 Å². The van der Waals surface area contributed by atoms with E-state index < -0.39 is 0 Å². The van der Waals surface area contributed by atoms with Crippen molar-refractivity contribution in [1.29, 1.82) is 0 Å². The van der Waals surface area contributed by atoms with Gasteiger partial charge in [-0.15, -0.1) is 0 Å². The number of aromatic hydroxyl groups is 2. The summed E-state index contributed by atoms with van der Waals surface area (Å²) in [5.74, 6) is -1.15. The van der Waals surface area contributed by atoms with Gasteiger partial charge in [0.15, 0.2) is 11.6 Å². The van der Waals surface area contributed by atoms with Crippen molar-refractivity contribution in [3.8, 4) is 11.8 Å². The lowest BCUT2D eigenvalue weighted by atomic mass is 10.0. The van der Waals surface area contributed by atoms with E-state index in [1.807, 2.05) is 0 Å². The zero-order valence-electron chi connectivity index (χ0n) is 12.9. The highest BCUT2D eigenvalue weighted by molar-refractivity contribution is 6.04. The summed E-state index contributed by atoms with van der Waals surface area (Å²) in [6.45, 7) is 3.23. The Hall–Kier alpha value is -2.64. The number of aromatic nitrogens is 4. The molecule has 0 unspecified atom stereocenters. The second kappa shape index (κ2) is 5.63. The van der Waals surface area contributed by atoms with Crippen LogP contribution in [0, 0.1) is 13.8 Å². The van der Waals surface area contributed by atoms with E-state index in [4.69, 9.17) is 0 Å². The van der Waals surface area contributed by atoms with Crippen LogP contribution in [0.3, 0.4) is 0 Å². The molecule has 0 spiro atoms. The number of Topliss-reactive ketones (excluding diaryl/α,β-unsaturated/α-hetero) is 2. The molecule has 0 aliphatic carbocycles. The first-order valence-corrected chi connectivity index (χ1v) is 6.75. The number of rotatable bonds is 5. The number of ketones is 2. The standard InChI is InChI=1S/C14H18N4O4/c1-7-11(13(21)17(3)15-7)9(19)5-6-10(20)12-8(2)16-18(4)14(12)22/h21-22H,5-6H2,1-4H3. The van der Waals surface area contributed by atoms with E-state index in [1.165, 1.54) is 23.5 Å².